The van der Waals surface area contributed by atoms with Crippen LogP contribution in [0.1, 0.15) is 5.56 Å². The lowest BCUT2D eigenvalue weighted by atomic mass is 10.1. The maximum absolute atomic E-state index is 12.0. The zero-order valence-electron chi connectivity index (χ0n) is 15.5. The highest BCUT2D eigenvalue weighted by molar-refractivity contribution is 7.99. The summed E-state index contributed by atoms with van der Waals surface area (Å²) < 4.78 is 15.7. The van der Waals surface area contributed by atoms with Crippen molar-refractivity contribution >= 4 is 34.6 Å². The Labute approximate surface area is 167 Å². The van der Waals surface area contributed by atoms with E-state index in [4.69, 9.17) is 13.9 Å². The van der Waals surface area contributed by atoms with Crippen LogP contribution in [-0.2, 0) is 20.7 Å². The molecule has 0 fully saturated rings. The second-order valence-electron chi connectivity index (χ2n) is 5.97. The fourth-order valence-electron chi connectivity index (χ4n) is 2.61. The van der Waals surface area contributed by atoms with Crippen LogP contribution in [0, 0.1) is 0 Å². The average molecular weight is 399 g/mol. The number of benzene rings is 2. The van der Waals surface area contributed by atoms with Crippen LogP contribution in [-0.4, -0.2) is 37.9 Å². The molecule has 0 atom stereocenters. The van der Waals surface area contributed by atoms with Crippen LogP contribution in [0.5, 0.6) is 5.75 Å². The predicted molar refractivity (Wildman–Crippen MR) is 108 cm³/mol. The molecule has 0 bridgehead atoms. The molecule has 0 radical (unpaired) electrons. The third kappa shape index (κ3) is 5.53. The zero-order chi connectivity index (χ0) is 19.8. The number of carbonyl (C=O) groups excluding carboxylic acids is 2. The van der Waals surface area contributed by atoms with Crippen LogP contribution in [0.4, 0.5) is 0 Å². The first-order valence-corrected chi connectivity index (χ1v) is 9.78. The van der Waals surface area contributed by atoms with E-state index < -0.39 is 5.97 Å². The smallest absolute Gasteiger partial charge is 0.310 e. The Morgan fingerprint density at radius 1 is 1.14 bits per heavy atom. The molecule has 0 aliphatic carbocycles. The van der Waals surface area contributed by atoms with Gasteiger partial charge in [-0.2, -0.15) is 0 Å². The molecule has 6 nitrogen and oxygen atoms in total. The normalized spacial score (nSPS) is 10.6. The Morgan fingerprint density at radius 2 is 1.96 bits per heavy atom. The summed E-state index contributed by atoms with van der Waals surface area (Å²) in [4.78, 5) is 25.0. The highest BCUT2D eigenvalue weighted by Gasteiger charge is 2.13. The molecule has 1 heterocycles. The zero-order valence-corrected chi connectivity index (χ0v) is 16.3. The van der Waals surface area contributed by atoms with Crippen LogP contribution in [0.25, 0.3) is 11.0 Å². The van der Waals surface area contributed by atoms with Gasteiger partial charge in [-0.1, -0.05) is 18.2 Å². The number of furan rings is 1. The number of ether oxygens (including phenoxy) is 2. The Balaban J connectivity index is 1.38. The van der Waals surface area contributed by atoms with Gasteiger partial charge in [0.25, 0.3) is 5.91 Å². The summed E-state index contributed by atoms with van der Waals surface area (Å²) in [6, 6.07) is 15.3. The van der Waals surface area contributed by atoms with E-state index >= 15 is 0 Å². The predicted octanol–water partition coefficient (Wildman–Crippen LogP) is 3.44. The number of carbonyl (C=O) groups is 2. The van der Waals surface area contributed by atoms with E-state index in [1.807, 2.05) is 36.4 Å². The van der Waals surface area contributed by atoms with Crippen LogP contribution in [0.15, 0.2) is 64.1 Å². The highest BCUT2D eigenvalue weighted by Crippen LogP contribution is 2.26. The number of esters is 1. The largest absolute Gasteiger partial charge is 0.497 e. The van der Waals surface area contributed by atoms with Crippen LogP contribution in [0.2, 0.25) is 0 Å². The van der Waals surface area contributed by atoms with Gasteiger partial charge in [0.1, 0.15) is 11.3 Å². The molecule has 1 aromatic heterocycles. The number of thioether (sulfide) groups is 1. The molecule has 0 saturated carbocycles. The van der Waals surface area contributed by atoms with Gasteiger partial charge in [0.15, 0.2) is 6.61 Å². The minimum atomic E-state index is -0.479. The molecule has 0 unspecified atom stereocenters. The van der Waals surface area contributed by atoms with Crippen molar-refractivity contribution in [3.05, 3.63) is 60.4 Å². The van der Waals surface area contributed by atoms with Gasteiger partial charge in [-0.3, -0.25) is 9.59 Å². The Hall–Kier alpha value is -2.93. The summed E-state index contributed by atoms with van der Waals surface area (Å²) in [7, 11) is 1.58. The SMILES string of the molecule is COc1ccc2c(CC(=O)OCC(=O)NCCSc3ccccc3)coc2c1. The third-order valence-corrected chi connectivity index (χ3v) is 5.01. The standard InChI is InChI=1S/C21H21NO5S/c1-25-16-7-8-18-15(13-26-19(18)12-16)11-21(24)27-14-20(23)22-9-10-28-17-5-3-2-4-6-17/h2-8,12-13H,9-11,14H2,1H3,(H,22,23). The van der Waals surface area contributed by atoms with Crippen LogP contribution in [0.3, 0.4) is 0 Å². The molecule has 2 aromatic carbocycles. The average Bonchev–Trinajstić information content (AvgIpc) is 3.12. The monoisotopic (exact) mass is 399 g/mol. The first-order valence-electron chi connectivity index (χ1n) is 8.80. The molecule has 7 heteroatoms. The van der Waals surface area contributed by atoms with Gasteiger partial charge in [-0.25, -0.2) is 0 Å². The van der Waals surface area contributed by atoms with Crippen molar-refractivity contribution in [2.24, 2.45) is 0 Å². The third-order valence-electron chi connectivity index (χ3n) is 4.00. The van der Waals surface area contributed by atoms with E-state index in [1.54, 1.807) is 31.0 Å². The second kappa shape index (κ2) is 9.85. The fourth-order valence-corrected chi connectivity index (χ4v) is 3.40. The summed E-state index contributed by atoms with van der Waals surface area (Å²) in [5, 5.41) is 3.56. The Bertz CT molecular complexity index is 938. The molecule has 1 N–H and O–H groups in total. The van der Waals surface area contributed by atoms with E-state index in [-0.39, 0.29) is 18.9 Å². The van der Waals surface area contributed by atoms with Crippen molar-refractivity contribution in [3.63, 3.8) is 0 Å². The summed E-state index contributed by atoms with van der Waals surface area (Å²) in [6.45, 7) is 0.211. The number of fused-ring (bicyclic) bond motifs is 1. The second-order valence-corrected chi connectivity index (χ2v) is 7.14. The van der Waals surface area contributed by atoms with E-state index in [1.165, 1.54) is 6.26 Å². The van der Waals surface area contributed by atoms with E-state index in [2.05, 4.69) is 5.32 Å². The van der Waals surface area contributed by atoms with Gasteiger partial charge in [-0.05, 0) is 24.3 Å². The number of hydrogen-bond acceptors (Lipinski definition) is 6. The summed E-state index contributed by atoms with van der Waals surface area (Å²) in [5.41, 5.74) is 1.35. The topological polar surface area (TPSA) is 77.8 Å². The number of nitrogens with one attached hydrogen (secondary N) is 1. The van der Waals surface area contributed by atoms with Gasteiger partial charge in [0.05, 0.1) is 19.8 Å². The summed E-state index contributed by atoms with van der Waals surface area (Å²) in [6.07, 6.45) is 1.56. The Morgan fingerprint density at radius 3 is 2.75 bits per heavy atom. The molecule has 0 aliphatic rings. The summed E-state index contributed by atoms with van der Waals surface area (Å²) >= 11 is 1.65. The molecule has 0 spiro atoms. The number of rotatable bonds is 9. The van der Waals surface area contributed by atoms with Crippen molar-refractivity contribution in [1.82, 2.24) is 5.32 Å². The number of amides is 1. The molecule has 1 amide bonds. The molecule has 3 rings (SSSR count). The van der Waals surface area contributed by atoms with Crippen LogP contribution < -0.4 is 10.1 Å². The minimum Gasteiger partial charge on any atom is -0.497 e. The van der Waals surface area contributed by atoms with Crippen molar-refractivity contribution < 1.29 is 23.5 Å². The van der Waals surface area contributed by atoms with E-state index in [0.29, 0.717) is 23.4 Å². The molecule has 146 valence electrons. The van der Waals surface area contributed by atoms with Crippen molar-refractivity contribution in [3.8, 4) is 5.75 Å². The molecule has 0 saturated heterocycles. The van der Waals surface area contributed by atoms with Gasteiger partial charge in [0, 0.05) is 34.2 Å². The number of hydrogen-bond donors (Lipinski definition) is 1. The maximum Gasteiger partial charge on any atom is 0.310 e. The van der Waals surface area contributed by atoms with Gasteiger partial charge in [0.2, 0.25) is 0 Å². The lowest BCUT2D eigenvalue weighted by Gasteiger charge is -2.06. The highest BCUT2D eigenvalue weighted by atomic mass is 32.2. The minimum absolute atomic E-state index is 0.0382. The molecular formula is C21H21NO5S. The van der Waals surface area contributed by atoms with Gasteiger partial charge in [-0.15, -0.1) is 11.8 Å². The molecule has 28 heavy (non-hydrogen) atoms. The Kier molecular flexibility index (Phi) is 6.97. The summed E-state index contributed by atoms with van der Waals surface area (Å²) in [5.74, 6) is 0.628. The molecular weight excluding hydrogens is 378 g/mol. The van der Waals surface area contributed by atoms with Crippen LogP contribution >= 0.6 is 11.8 Å². The van der Waals surface area contributed by atoms with Crippen molar-refractivity contribution in [2.45, 2.75) is 11.3 Å². The lowest BCUT2D eigenvalue weighted by molar-refractivity contribution is -0.147. The van der Waals surface area contributed by atoms with Gasteiger partial charge < -0.3 is 19.2 Å². The van der Waals surface area contributed by atoms with Crippen molar-refractivity contribution in [2.75, 3.05) is 26.0 Å². The fraction of sp³-hybridized carbons (Fsp3) is 0.238. The van der Waals surface area contributed by atoms with Crippen molar-refractivity contribution in [1.29, 1.82) is 0 Å². The number of methoxy groups -OCH3 is 1. The maximum atomic E-state index is 12.0. The lowest BCUT2D eigenvalue weighted by Crippen LogP contribution is -2.30. The quantitative estimate of drug-likeness (QED) is 0.337. The first-order chi connectivity index (χ1) is 13.7. The van der Waals surface area contributed by atoms with E-state index in [9.17, 15) is 9.59 Å². The van der Waals surface area contributed by atoms with Gasteiger partial charge >= 0.3 is 5.97 Å². The molecule has 0 aliphatic heterocycles. The molecule has 3 aromatic rings. The first kappa shape index (κ1) is 19.8. The van der Waals surface area contributed by atoms with E-state index in [0.717, 1.165) is 16.0 Å².